The molecule has 0 unspecified atom stereocenters. The lowest BCUT2D eigenvalue weighted by atomic mass is 10.00. The molecular formula is C24H22FN5O2S. The van der Waals surface area contributed by atoms with Crippen molar-refractivity contribution in [1.82, 2.24) is 19.5 Å². The lowest BCUT2D eigenvalue weighted by Crippen LogP contribution is -2.25. The number of rotatable bonds is 6. The van der Waals surface area contributed by atoms with Gasteiger partial charge in [-0.2, -0.15) is 0 Å². The van der Waals surface area contributed by atoms with Crippen molar-refractivity contribution in [2.45, 2.75) is 25.8 Å². The van der Waals surface area contributed by atoms with Crippen LogP contribution in [0.25, 0.3) is 22.0 Å². The van der Waals surface area contributed by atoms with Gasteiger partial charge in [-0.25, -0.2) is 19.3 Å². The number of hydrogen-bond acceptors (Lipinski definition) is 6. The highest BCUT2D eigenvalue weighted by molar-refractivity contribution is 7.13. The third kappa shape index (κ3) is 4.29. The average molecular weight is 464 g/mol. The van der Waals surface area contributed by atoms with Crippen molar-refractivity contribution < 1.29 is 13.9 Å². The highest BCUT2D eigenvalue weighted by Crippen LogP contribution is 2.35. The van der Waals surface area contributed by atoms with E-state index in [-0.39, 0.29) is 17.8 Å². The molecule has 1 aromatic carbocycles. The van der Waals surface area contributed by atoms with E-state index < -0.39 is 0 Å². The first kappa shape index (κ1) is 21.4. The van der Waals surface area contributed by atoms with Gasteiger partial charge in [-0.1, -0.05) is 6.07 Å². The Morgan fingerprint density at radius 3 is 2.61 bits per heavy atom. The smallest absolute Gasteiger partial charge is 0.276 e. The van der Waals surface area contributed by atoms with Gasteiger partial charge >= 0.3 is 0 Å². The van der Waals surface area contributed by atoms with Gasteiger partial charge in [0.05, 0.1) is 25.2 Å². The van der Waals surface area contributed by atoms with E-state index in [2.05, 4.69) is 20.3 Å². The minimum atomic E-state index is -0.330. The van der Waals surface area contributed by atoms with Gasteiger partial charge in [-0.05, 0) is 49.7 Å². The summed E-state index contributed by atoms with van der Waals surface area (Å²) < 4.78 is 20.6. The number of halogens is 1. The van der Waals surface area contributed by atoms with Crippen LogP contribution in [-0.4, -0.2) is 38.6 Å². The summed E-state index contributed by atoms with van der Waals surface area (Å²) in [6, 6.07) is 10.1. The van der Waals surface area contributed by atoms with Crippen LogP contribution >= 0.6 is 11.3 Å². The molecular weight excluding hydrogens is 441 g/mol. The quantitative estimate of drug-likeness (QED) is 0.427. The third-order valence-corrected chi connectivity index (χ3v) is 6.39. The molecule has 1 aliphatic heterocycles. The monoisotopic (exact) mass is 463 g/mol. The summed E-state index contributed by atoms with van der Waals surface area (Å²) in [7, 11) is 0. The van der Waals surface area contributed by atoms with Crippen molar-refractivity contribution >= 4 is 23.1 Å². The number of aromatic nitrogens is 4. The molecule has 0 atom stereocenters. The molecule has 4 aromatic rings. The average Bonchev–Trinajstić information content (AvgIpc) is 3.41. The highest BCUT2D eigenvalue weighted by Gasteiger charge is 2.22. The second-order valence-electron chi connectivity index (χ2n) is 8.15. The van der Waals surface area contributed by atoms with E-state index in [0.717, 1.165) is 16.8 Å². The van der Waals surface area contributed by atoms with Crippen LogP contribution in [0.5, 0.6) is 0 Å². The molecule has 0 radical (unpaired) electrons. The van der Waals surface area contributed by atoms with Crippen LogP contribution in [0.1, 0.15) is 41.9 Å². The summed E-state index contributed by atoms with van der Waals surface area (Å²) >= 11 is 1.37. The number of thiazole rings is 1. The van der Waals surface area contributed by atoms with Crippen molar-refractivity contribution in [3.8, 4) is 22.0 Å². The lowest BCUT2D eigenvalue weighted by molar-refractivity contribution is 0.00830. The zero-order valence-corrected chi connectivity index (χ0v) is 19.0. The van der Waals surface area contributed by atoms with Gasteiger partial charge < -0.3 is 14.6 Å². The Morgan fingerprint density at radius 2 is 1.97 bits per heavy atom. The zero-order valence-electron chi connectivity index (χ0n) is 18.2. The Balaban J connectivity index is 1.40. The fourth-order valence-corrected chi connectivity index (χ4v) is 4.45. The lowest BCUT2D eigenvalue weighted by Gasteiger charge is -2.25. The van der Waals surface area contributed by atoms with E-state index in [4.69, 9.17) is 4.74 Å². The van der Waals surface area contributed by atoms with Crippen LogP contribution in [0.4, 0.5) is 10.2 Å². The van der Waals surface area contributed by atoms with Crippen LogP contribution in [0.2, 0.25) is 0 Å². The maximum absolute atomic E-state index is 13.4. The SMILES string of the molecule is CC(C)n1cnc(-c2ccc(F)cc2)c1-c1nc(C(=O)Nc2ccc(C3COC3)cn2)cs1. The van der Waals surface area contributed by atoms with E-state index in [9.17, 15) is 9.18 Å². The van der Waals surface area contributed by atoms with E-state index in [0.29, 0.717) is 41.3 Å². The number of nitrogens with one attached hydrogen (secondary N) is 1. The maximum atomic E-state index is 13.4. The highest BCUT2D eigenvalue weighted by atomic mass is 32.1. The molecule has 1 N–H and O–H groups in total. The fraction of sp³-hybridized carbons (Fsp3) is 0.250. The topological polar surface area (TPSA) is 81.9 Å². The van der Waals surface area contributed by atoms with Gasteiger partial charge in [-0.3, -0.25) is 4.79 Å². The van der Waals surface area contributed by atoms with Gasteiger partial charge in [0.15, 0.2) is 0 Å². The normalized spacial score (nSPS) is 13.8. The molecule has 4 heterocycles. The molecule has 1 saturated heterocycles. The molecule has 0 saturated carbocycles. The van der Waals surface area contributed by atoms with Crippen LogP contribution in [0.3, 0.4) is 0 Å². The first-order valence-electron chi connectivity index (χ1n) is 10.6. The van der Waals surface area contributed by atoms with Crippen molar-refractivity contribution in [1.29, 1.82) is 0 Å². The van der Waals surface area contributed by atoms with Crippen LogP contribution in [0.15, 0.2) is 54.3 Å². The van der Waals surface area contributed by atoms with Crippen molar-refractivity contribution in [3.05, 3.63) is 71.4 Å². The minimum Gasteiger partial charge on any atom is -0.380 e. The summed E-state index contributed by atoms with van der Waals surface area (Å²) in [5.74, 6) is 0.213. The number of carbonyl (C=O) groups excluding carboxylic acids is 1. The number of amides is 1. The molecule has 0 spiro atoms. The van der Waals surface area contributed by atoms with Crippen LogP contribution in [-0.2, 0) is 4.74 Å². The van der Waals surface area contributed by atoms with Crippen molar-refractivity contribution in [2.24, 2.45) is 0 Å². The first-order valence-corrected chi connectivity index (χ1v) is 11.5. The van der Waals surface area contributed by atoms with Gasteiger partial charge in [-0.15, -0.1) is 11.3 Å². The Labute approximate surface area is 194 Å². The van der Waals surface area contributed by atoms with E-state index in [1.165, 1.54) is 23.5 Å². The van der Waals surface area contributed by atoms with Gasteiger partial charge in [0.1, 0.15) is 28.0 Å². The predicted molar refractivity (Wildman–Crippen MR) is 125 cm³/mol. The minimum absolute atomic E-state index is 0.131. The summed E-state index contributed by atoms with van der Waals surface area (Å²) in [4.78, 5) is 26.3. The van der Waals surface area contributed by atoms with Crippen LogP contribution < -0.4 is 5.32 Å². The predicted octanol–water partition coefficient (Wildman–Crippen LogP) is 5.15. The summed E-state index contributed by atoms with van der Waals surface area (Å²) in [5.41, 5.74) is 3.68. The molecule has 3 aromatic heterocycles. The summed E-state index contributed by atoms with van der Waals surface area (Å²) in [6.45, 7) is 5.52. The molecule has 168 valence electrons. The number of hydrogen-bond donors (Lipinski definition) is 1. The standard InChI is InChI=1S/C24H22FN5O2S/c1-14(2)30-13-27-21(15-3-6-18(25)7-4-15)22(30)24-28-19(12-33-24)23(31)29-20-8-5-16(9-26-20)17-10-32-11-17/h3-9,12-14,17H,10-11H2,1-2H3,(H,26,29,31). The van der Waals surface area contributed by atoms with E-state index >= 15 is 0 Å². The number of nitrogens with zero attached hydrogens (tertiary/aromatic N) is 4. The molecule has 5 rings (SSSR count). The van der Waals surface area contributed by atoms with E-state index in [1.54, 1.807) is 36.1 Å². The number of benzene rings is 1. The number of carbonyl (C=O) groups is 1. The molecule has 0 aliphatic carbocycles. The Bertz CT molecular complexity index is 1280. The Morgan fingerprint density at radius 1 is 1.18 bits per heavy atom. The van der Waals surface area contributed by atoms with Gasteiger partial charge in [0.25, 0.3) is 5.91 Å². The molecule has 1 amide bonds. The fourth-order valence-electron chi connectivity index (χ4n) is 3.60. The second-order valence-corrected chi connectivity index (χ2v) is 9.01. The molecule has 0 bridgehead atoms. The molecule has 9 heteroatoms. The molecule has 33 heavy (non-hydrogen) atoms. The van der Waals surface area contributed by atoms with Gasteiger partial charge in [0, 0.05) is 29.1 Å². The van der Waals surface area contributed by atoms with Crippen molar-refractivity contribution in [3.63, 3.8) is 0 Å². The zero-order chi connectivity index (χ0) is 22.9. The second kappa shape index (κ2) is 8.84. The third-order valence-electron chi connectivity index (χ3n) is 5.54. The molecule has 1 fully saturated rings. The molecule has 1 aliphatic rings. The Hall–Kier alpha value is -3.43. The summed E-state index contributed by atoms with van der Waals surface area (Å²) in [5, 5.41) is 5.19. The largest absolute Gasteiger partial charge is 0.380 e. The van der Waals surface area contributed by atoms with Gasteiger partial charge in [0.2, 0.25) is 0 Å². The Kier molecular flexibility index (Phi) is 5.74. The number of anilines is 1. The number of pyridine rings is 1. The number of imidazole rings is 1. The van der Waals surface area contributed by atoms with Crippen molar-refractivity contribution in [2.75, 3.05) is 18.5 Å². The number of ether oxygens (including phenoxy) is 1. The van der Waals surface area contributed by atoms with E-state index in [1.807, 2.05) is 24.5 Å². The van der Waals surface area contributed by atoms with Crippen LogP contribution in [0, 0.1) is 5.82 Å². The maximum Gasteiger partial charge on any atom is 0.276 e. The first-order chi connectivity index (χ1) is 16.0. The summed E-state index contributed by atoms with van der Waals surface area (Å²) in [6.07, 6.45) is 3.52. The molecule has 7 nitrogen and oxygen atoms in total.